The van der Waals surface area contributed by atoms with Crippen molar-refractivity contribution in [2.75, 3.05) is 19.6 Å². The summed E-state index contributed by atoms with van der Waals surface area (Å²) in [6.45, 7) is 8.28. The number of carbonyl (C=O) groups excluding carboxylic acids is 4. The van der Waals surface area contributed by atoms with Crippen LogP contribution in [0.4, 0.5) is 0 Å². The summed E-state index contributed by atoms with van der Waals surface area (Å²) in [5, 5.41) is 0. The van der Waals surface area contributed by atoms with Crippen molar-refractivity contribution in [3.63, 3.8) is 0 Å². The van der Waals surface area contributed by atoms with Gasteiger partial charge in [0.1, 0.15) is 6.04 Å². The maximum absolute atomic E-state index is 13.2. The van der Waals surface area contributed by atoms with Crippen molar-refractivity contribution >= 4 is 23.6 Å². The van der Waals surface area contributed by atoms with E-state index in [1.165, 1.54) is 4.90 Å². The van der Waals surface area contributed by atoms with Gasteiger partial charge in [-0.25, -0.2) is 0 Å². The van der Waals surface area contributed by atoms with Crippen LogP contribution in [-0.4, -0.2) is 70.0 Å². The first-order valence-corrected chi connectivity index (χ1v) is 10.5. The lowest BCUT2D eigenvalue weighted by molar-refractivity contribution is -0.152. The third kappa shape index (κ3) is 3.96. The van der Waals surface area contributed by atoms with Gasteiger partial charge >= 0.3 is 0 Å². The number of nitrogens with zero attached hydrogens (tertiary/aromatic N) is 3. The summed E-state index contributed by atoms with van der Waals surface area (Å²) in [6.07, 6.45) is 2.31. The maximum atomic E-state index is 13.2. The van der Waals surface area contributed by atoms with Crippen molar-refractivity contribution in [3.8, 4) is 0 Å². The monoisotopic (exact) mass is 399 g/mol. The molecule has 1 fully saturated rings. The van der Waals surface area contributed by atoms with Crippen LogP contribution in [0.5, 0.6) is 0 Å². The van der Waals surface area contributed by atoms with Crippen LogP contribution in [0.15, 0.2) is 24.3 Å². The van der Waals surface area contributed by atoms with Crippen molar-refractivity contribution in [3.05, 3.63) is 35.4 Å². The minimum atomic E-state index is -0.918. The second-order valence-electron chi connectivity index (χ2n) is 7.81. The molecule has 2 aliphatic heterocycles. The highest BCUT2D eigenvalue weighted by Crippen LogP contribution is 2.29. The van der Waals surface area contributed by atoms with Crippen molar-refractivity contribution in [2.45, 2.75) is 58.5 Å². The Morgan fingerprint density at radius 1 is 1.00 bits per heavy atom. The smallest absolute Gasteiger partial charge is 0.262 e. The molecule has 0 aromatic heterocycles. The molecule has 2 atom stereocenters. The van der Waals surface area contributed by atoms with E-state index in [0.717, 1.165) is 30.8 Å². The molecule has 29 heavy (non-hydrogen) atoms. The van der Waals surface area contributed by atoms with Crippen molar-refractivity contribution < 1.29 is 19.2 Å². The predicted molar refractivity (Wildman–Crippen MR) is 108 cm³/mol. The van der Waals surface area contributed by atoms with Crippen LogP contribution in [0.1, 0.15) is 67.2 Å². The number of carbonyl (C=O) groups is 4. The van der Waals surface area contributed by atoms with Crippen LogP contribution in [-0.2, 0) is 9.59 Å². The van der Waals surface area contributed by atoms with Crippen LogP contribution in [0.25, 0.3) is 0 Å². The zero-order valence-electron chi connectivity index (χ0n) is 17.4. The van der Waals surface area contributed by atoms with E-state index < -0.39 is 23.8 Å². The average Bonchev–Trinajstić information content (AvgIpc) is 2.96. The Kier molecular flexibility index (Phi) is 6.47. The summed E-state index contributed by atoms with van der Waals surface area (Å²) >= 11 is 0. The number of benzene rings is 1. The molecule has 7 nitrogen and oxygen atoms in total. The molecule has 0 saturated carbocycles. The van der Waals surface area contributed by atoms with E-state index in [0.29, 0.717) is 11.1 Å². The Morgan fingerprint density at radius 3 is 2.07 bits per heavy atom. The van der Waals surface area contributed by atoms with E-state index >= 15 is 0 Å². The molecule has 2 aliphatic rings. The predicted octanol–water partition coefficient (Wildman–Crippen LogP) is 2.31. The lowest BCUT2D eigenvalue weighted by atomic mass is 10.0. The molecule has 0 spiro atoms. The fourth-order valence-electron chi connectivity index (χ4n) is 4.25. The fraction of sp³-hybridized carbons (Fsp3) is 0.545. The van der Waals surface area contributed by atoms with Crippen LogP contribution in [0, 0.1) is 0 Å². The van der Waals surface area contributed by atoms with Gasteiger partial charge in [-0.2, -0.15) is 0 Å². The molecular formula is C22H29N3O4. The fourth-order valence-corrected chi connectivity index (χ4v) is 4.25. The summed E-state index contributed by atoms with van der Waals surface area (Å²) in [7, 11) is 0. The second-order valence-corrected chi connectivity index (χ2v) is 7.81. The summed E-state index contributed by atoms with van der Waals surface area (Å²) in [5.74, 6) is -1.59. The first-order valence-electron chi connectivity index (χ1n) is 10.5. The Bertz CT molecular complexity index is 781. The zero-order chi connectivity index (χ0) is 21.1. The molecule has 3 rings (SSSR count). The van der Waals surface area contributed by atoms with Gasteiger partial charge in [0.25, 0.3) is 17.7 Å². The lowest BCUT2D eigenvalue weighted by Crippen LogP contribution is -2.58. The minimum Gasteiger partial charge on any atom is -0.299 e. The summed E-state index contributed by atoms with van der Waals surface area (Å²) in [4.78, 5) is 55.8. The van der Waals surface area contributed by atoms with Crippen LogP contribution in [0.3, 0.4) is 0 Å². The molecule has 1 aromatic carbocycles. The molecule has 2 unspecified atom stereocenters. The van der Waals surface area contributed by atoms with E-state index in [1.54, 1.807) is 24.3 Å². The lowest BCUT2D eigenvalue weighted by Gasteiger charge is -2.38. The highest BCUT2D eigenvalue weighted by Gasteiger charge is 2.47. The SMILES string of the molecule is CCCN(CCC)C(C)CN1C(=O)CCC(N2C(=O)c3ccccc3C2=O)C1=O. The molecule has 2 heterocycles. The zero-order valence-corrected chi connectivity index (χ0v) is 17.4. The normalized spacial score (nSPS) is 20.6. The van der Waals surface area contributed by atoms with Crippen LogP contribution >= 0.6 is 0 Å². The first kappa shape index (κ1) is 21.2. The maximum Gasteiger partial charge on any atom is 0.262 e. The van der Waals surface area contributed by atoms with Crippen LogP contribution in [0.2, 0.25) is 0 Å². The molecule has 0 radical (unpaired) electrons. The van der Waals surface area contributed by atoms with Gasteiger partial charge in [0.05, 0.1) is 11.1 Å². The Morgan fingerprint density at radius 2 is 1.55 bits per heavy atom. The first-order chi connectivity index (χ1) is 13.9. The molecular weight excluding hydrogens is 370 g/mol. The van der Waals surface area contributed by atoms with E-state index in [9.17, 15) is 19.2 Å². The van der Waals surface area contributed by atoms with Crippen molar-refractivity contribution in [2.24, 2.45) is 0 Å². The Balaban J connectivity index is 1.78. The number of rotatable bonds is 8. The molecule has 156 valence electrons. The van der Waals surface area contributed by atoms with E-state index in [-0.39, 0.29) is 31.3 Å². The van der Waals surface area contributed by atoms with Gasteiger partial charge in [0.2, 0.25) is 5.91 Å². The van der Waals surface area contributed by atoms with Gasteiger partial charge in [0, 0.05) is 19.0 Å². The number of hydrogen-bond donors (Lipinski definition) is 0. The average molecular weight is 399 g/mol. The number of hydrogen-bond acceptors (Lipinski definition) is 5. The largest absolute Gasteiger partial charge is 0.299 e. The number of fused-ring (bicyclic) bond motifs is 1. The third-order valence-electron chi connectivity index (χ3n) is 5.71. The van der Waals surface area contributed by atoms with Crippen molar-refractivity contribution in [1.29, 1.82) is 0 Å². The van der Waals surface area contributed by atoms with Crippen molar-refractivity contribution in [1.82, 2.24) is 14.7 Å². The Labute approximate surface area is 171 Å². The van der Waals surface area contributed by atoms with E-state index in [4.69, 9.17) is 0 Å². The topological polar surface area (TPSA) is 78.0 Å². The van der Waals surface area contributed by atoms with Gasteiger partial charge in [-0.05, 0) is 51.4 Å². The van der Waals surface area contributed by atoms with E-state index in [2.05, 4.69) is 18.7 Å². The van der Waals surface area contributed by atoms with E-state index in [1.807, 2.05) is 6.92 Å². The molecule has 1 aromatic rings. The van der Waals surface area contributed by atoms with Gasteiger partial charge < -0.3 is 0 Å². The number of amides is 4. The number of likely N-dealkylation sites (tertiary alicyclic amines) is 1. The summed E-state index contributed by atoms with van der Waals surface area (Å²) in [5.41, 5.74) is 0.637. The molecule has 0 aliphatic carbocycles. The molecule has 1 saturated heterocycles. The highest BCUT2D eigenvalue weighted by molar-refractivity contribution is 6.23. The Hall–Kier alpha value is -2.54. The molecule has 0 N–H and O–H groups in total. The highest BCUT2D eigenvalue weighted by atomic mass is 16.2. The number of imide groups is 2. The standard InChI is InChI=1S/C22H29N3O4/c1-4-12-23(13-5-2)15(3)14-24-19(26)11-10-18(22(24)29)25-20(27)16-8-6-7-9-17(16)21(25)28/h6-9,15,18H,4-5,10-14H2,1-3H3. The van der Waals surface area contributed by atoms with Gasteiger partial charge in [0.15, 0.2) is 0 Å². The summed E-state index contributed by atoms with van der Waals surface area (Å²) in [6, 6.07) is 5.69. The molecule has 4 amide bonds. The van der Waals surface area contributed by atoms with Gasteiger partial charge in [-0.3, -0.25) is 33.9 Å². The van der Waals surface area contributed by atoms with Gasteiger partial charge in [-0.15, -0.1) is 0 Å². The molecule has 7 heteroatoms. The minimum absolute atomic E-state index is 0.0173. The quantitative estimate of drug-likeness (QED) is 0.627. The number of piperidine rings is 1. The summed E-state index contributed by atoms with van der Waals surface area (Å²) < 4.78 is 0. The molecule has 0 bridgehead atoms. The third-order valence-corrected chi connectivity index (χ3v) is 5.71. The van der Waals surface area contributed by atoms with Crippen LogP contribution < -0.4 is 0 Å². The van der Waals surface area contributed by atoms with Gasteiger partial charge in [-0.1, -0.05) is 26.0 Å². The second kappa shape index (κ2) is 8.86.